The predicted octanol–water partition coefficient (Wildman–Crippen LogP) is 3.96. The smallest absolute Gasteiger partial charge is 0.265 e. The Hall–Kier alpha value is -2.16. The van der Waals surface area contributed by atoms with Gasteiger partial charge in [-0.2, -0.15) is 0 Å². The molecule has 33 heavy (non-hydrogen) atoms. The van der Waals surface area contributed by atoms with Crippen molar-refractivity contribution in [1.29, 1.82) is 0 Å². The Morgan fingerprint density at radius 1 is 1.21 bits per heavy atom. The van der Waals surface area contributed by atoms with Crippen LogP contribution in [0.2, 0.25) is 5.02 Å². The zero-order valence-corrected chi connectivity index (χ0v) is 20.7. The number of aromatic nitrogens is 1. The molecular formula is C24H30ClN3O4S. The van der Waals surface area contributed by atoms with E-state index < -0.39 is 5.41 Å². The van der Waals surface area contributed by atoms with E-state index in [-0.39, 0.29) is 11.8 Å². The van der Waals surface area contributed by atoms with E-state index in [0.29, 0.717) is 68.1 Å². The Morgan fingerprint density at radius 3 is 2.70 bits per heavy atom. The van der Waals surface area contributed by atoms with Gasteiger partial charge in [0.1, 0.15) is 10.6 Å². The molecule has 1 atom stereocenters. The fourth-order valence-electron chi connectivity index (χ4n) is 4.61. The van der Waals surface area contributed by atoms with Crippen molar-refractivity contribution in [3.8, 4) is 5.75 Å². The quantitative estimate of drug-likeness (QED) is 0.611. The van der Waals surface area contributed by atoms with E-state index in [9.17, 15) is 9.59 Å². The van der Waals surface area contributed by atoms with Crippen LogP contribution in [-0.4, -0.2) is 72.6 Å². The third-order valence-corrected chi connectivity index (χ3v) is 7.57. The summed E-state index contributed by atoms with van der Waals surface area (Å²) in [4.78, 5) is 35.4. The van der Waals surface area contributed by atoms with Gasteiger partial charge in [0.15, 0.2) is 0 Å². The minimum Gasteiger partial charge on any atom is -0.493 e. The van der Waals surface area contributed by atoms with Gasteiger partial charge in [0.05, 0.1) is 30.5 Å². The molecule has 0 unspecified atom stereocenters. The number of carbonyl (C=O) groups is 2. The maximum Gasteiger partial charge on any atom is 0.265 e. The summed E-state index contributed by atoms with van der Waals surface area (Å²) in [7, 11) is 0. The van der Waals surface area contributed by atoms with Gasteiger partial charge >= 0.3 is 0 Å². The molecule has 3 heterocycles. The summed E-state index contributed by atoms with van der Waals surface area (Å²) < 4.78 is 11.6. The average Bonchev–Trinajstić information content (AvgIpc) is 3.16. The monoisotopic (exact) mass is 491 g/mol. The molecule has 0 N–H and O–H groups in total. The number of thiazole rings is 1. The van der Waals surface area contributed by atoms with Crippen molar-refractivity contribution in [2.24, 2.45) is 5.41 Å². The fraction of sp³-hybridized carbons (Fsp3) is 0.542. The molecule has 4 rings (SSSR count). The number of amides is 2. The molecule has 9 heteroatoms. The maximum absolute atomic E-state index is 13.4. The molecule has 2 aliphatic rings. The van der Waals surface area contributed by atoms with Crippen LogP contribution >= 0.6 is 22.9 Å². The van der Waals surface area contributed by atoms with Crippen molar-refractivity contribution < 1.29 is 19.1 Å². The van der Waals surface area contributed by atoms with Gasteiger partial charge < -0.3 is 19.3 Å². The van der Waals surface area contributed by atoms with Crippen LogP contribution in [0.15, 0.2) is 24.3 Å². The first-order chi connectivity index (χ1) is 15.8. The standard InChI is InChI=1S/C24H30ClN3O4S/c1-17-22(33-18(2)26-17)23(30)28-8-4-7-24(15-28,14-21(29)27-9-11-31-12-10-27)16-32-20-6-3-5-19(25)13-20/h3,5-6,13H,4,7-12,14-16H2,1-2H3/t24-/m1/s1. The maximum atomic E-state index is 13.4. The number of hydrogen-bond acceptors (Lipinski definition) is 6. The molecule has 2 amide bonds. The molecule has 1 aromatic carbocycles. The Labute approximate surface area is 203 Å². The van der Waals surface area contributed by atoms with Crippen LogP contribution in [0, 0.1) is 19.3 Å². The van der Waals surface area contributed by atoms with Crippen LogP contribution in [0.1, 0.15) is 39.6 Å². The van der Waals surface area contributed by atoms with Crippen molar-refractivity contribution in [2.75, 3.05) is 46.0 Å². The topological polar surface area (TPSA) is 72.0 Å². The summed E-state index contributed by atoms with van der Waals surface area (Å²) in [5.74, 6) is 0.744. The minimum atomic E-state index is -0.473. The molecule has 2 fully saturated rings. The number of carbonyl (C=O) groups excluding carboxylic acids is 2. The fourth-order valence-corrected chi connectivity index (χ4v) is 5.67. The second-order valence-corrected chi connectivity index (χ2v) is 10.5. The number of morpholine rings is 1. The second kappa shape index (κ2) is 10.4. The van der Waals surface area contributed by atoms with Gasteiger partial charge in [-0.05, 0) is 44.9 Å². The third-order valence-electron chi connectivity index (χ3n) is 6.28. The average molecular weight is 492 g/mol. The Bertz CT molecular complexity index is 1010. The summed E-state index contributed by atoms with van der Waals surface area (Å²) in [6.45, 7) is 7.59. The van der Waals surface area contributed by atoms with Gasteiger partial charge in [-0.15, -0.1) is 11.3 Å². The number of rotatable bonds is 6. The van der Waals surface area contributed by atoms with Crippen molar-refractivity contribution in [3.05, 3.63) is 44.9 Å². The highest BCUT2D eigenvalue weighted by Gasteiger charge is 2.41. The Kier molecular flexibility index (Phi) is 7.56. The summed E-state index contributed by atoms with van der Waals surface area (Å²) in [6, 6.07) is 7.27. The zero-order chi connectivity index (χ0) is 23.4. The van der Waals surface area contributed by atoms with Gasteiger partial charge in [0, 0.05) is 43.0 Å². The van der Waals surface area contributed by atoms with Crippen molar-refractivity contribution >= 4 is 34.8 Å². The number of benzene rings is 1. The van der Waals surface area contributed by atoms with Crippen LogP contribution in [0.4, 0.5) is 0 Å². The minimum absolute atomic E-state index is 0.0104. The number of ether oxygens (including phenoxy) is 2. The number of likely N-dealkylation sites (tertiary alicyclic amines) is 1. The van der Waals surface area contributed by atoms with E-state index in [1.54, 1.807) is 12.1 Å². The van der Waals surface area contributed by atoms with E-state index in [0.717, 1.165) is 23.5 Å². The lowest BCUT2D eigenvalue weighted by atomic mass is 9.77. The van der Waals surface area contributed by atoms with Gasteiger partial charge in [0.25, 0.3) is 5.91 Å². The van der Waals surface area contributed by atoms with E-state index in [1.165, 1.54) is 11.3 Å². The number of nitrogens with zero attached hydrogens (tertiary/aromatic N) is 3. The van der Waals surface area contributed by atoms with Crippen LogP contribution in [0.25, 0.3) is 0 Å². The molecule has 178 valence electrons. The molecule has 0 aliphatic carbocycles. The van der Waals surface area contributed by atoms with Crippen LogP contribution < -0.4 is 4.74 Å². The molecule has 7 nitrogen and oxygen atoms in total. The lowest BCUT2D eigenvalue weighted by Gasteiger charge is -2.43. The van der Waals surface area contributed by atoms with Gasteiger partial charge in [-0.1, -0.05) is 17.7 Å². The van der Waals surface area contributed by atoms with E-state index in [1.807, 2.05) is 35.8 Å². The molecule has 2 aromatic rings. The largest absolute Gasteiger partial charge is 0.493 e. The number of hydrogen-bond donors (Lipinski definition) is 0. The predicted molar refractivity (Wildman–Crippen MR) is 128 cm³/mol. The van der Waals surface area contributed by atoms with Crippen molar-refractivity contribution in [2.45, 2.75) is 33.1 Å². The molecule has 0 bridgehead atoms. The highest BCUT2D eigenvalue weighted by molar-refractivity contribution is 7.13. The van der Waals surface area contributed by atoms with Crippen molar-refractivity contribution in [1.82, 2.24) is 14.8 Å². The van der Waals surface area contributed by atoms with Gasteiger partial charge in [-0.3, -0.25) is 9.59 Å². The lowest BCUT2D eigenvalue weighted by Crippen LogP contribution is -2.52. The molecule has 2 aliphatic heterocycles. The highest BCUT2D eigenvalue weighted by Crippen LogP contribution is 2.37. The molecule has 2 saturated heterocycles. The first-order valence-electron chi connectivity index (χ1n) is 11.3. The first kappa shape index (κ1) is 24.0. The van der Waals surface area contributed by atoms with E-state index >= 15 is 0 Å². The normalized spacial score (nSPS) is 21.2. The molecule has 0 spiro atoms. The van der Waals surface area contributed by atoms with E-state index in [4.69, 9.17) is 21.1 Å². The van der Waals surface area contributed by atoms with Crippen LogP contribution in [0.5, 0.6) is 5.75 Å². The summed E-state index contributed by atoms with van der Waals surface area (Å²) in [6.07, 6.45) is 1.96. The molecule has 0 saturated carbocycles. The number of halogens is 1. The van der Waals surface area contributed by atoms with Gasteiger partial charge in [0.2, 0.25) is 5.91 Å². The molecular weight excluding hydrogens is 462 g/mol. The number of aryl methyl sites for hydroxylation is 2. The van der Waals surface area contributed by atoms with Gasteiger partial charge in [-0.25, -0.2) is 4.98 Å². The van der Waals surface area contributed by atoms with Crippen LogP contribution in [0.3, 0.4) is 0 Å². The summed E-state index contributed by atoms with van der Waals surface area (Å²) >= 11 is 7.55. The third kappa shape index (κ3) is 5.86. The Balaban J connectivity index is 1.54. The highest BCUT2D eigenvalue weighted by atomic mass is 35.5. The van der Waals surface area contributed by atoms with Crippen molar-refractivity contribution in [3.63, 3.8) is 0 Å². The summed E-state index contributed by atoms with van der Waals surface area (Å²) in [5.41, 5.74) is 0.289. The lowest BCUT2D eigenvalue weighted by molar-refractivity contribution is -0.139. The molecule has 1 aromatic heterocycles. The zero-order valence-electron chi connectivity index (χ0n) is 19.1. The van der Waals surface area contributed by atoms with E-state index in [2.05, 4.69) is 4.98 Å². The second-order valence-electron chi connectivity index (χ2n) is 8.89. The molecule has 0 radical (unpaired) electrons. The Morgan fingerprint density at radius 2 is 2.00 bits per heavy atom. The first-order valence-corrected chi connectivity index (χ1v) is 12.5. The summed E-state index contributed by atoms with van der Waals surface area (Å²) in [5, 5.41) is 1.48. The number of piperidine rings is 1. The van der Waals surface area contributed by atoms with Crippen LogP contribution in [-0.2, 0) is 9.53 Å². The SMILES string of the molecule is Cc1nc(C)c(C(=O)N2CCC[C@@](COc3cccc(Cl)c3)(CC(=O)N3CCOCC3)C2)s1.